The summed E-state index contributed by atoms with van der Waals surface area (Å²) in [6.07, 6.45) is 1.99. The molecule has 0 spiro atoms. The van der Waals surface area contributed by atoms with Crippen LogP contribution in [0.15, 0.2) is 41.1 Å². The highest BCUT2D eigenvalue weighted by atomic mass is 16.5. The highest BCUT2D eigenvalue weighted by Gasteiger charge is 2.18. The Kier molecular flexibility index (Phi) is 7.63. The molecule has 0 atom stereocenters. The van der Waals surface area contributed by atoms with Gasteiger partial charge in [-0.2, -0.15) is 0 Å². The van der Waals surface area contributed by atoms with Gasteiger partial charge in [-0.1, -0.05) is 17.3 Å². The van der Waals surface area contributed by atoms with Crippen LogP contribution in [0.1, 0.15) is 18.9 Å². The summed E-state index contributed by atoms with van der Waals surface area (Å²) in [7, 11) is 0. The molecule has 0 fully saturated rings. The lowest BCUT2D eigenvalue weighted by Gasteiger charge is -2.22. The molecular weight excluding hydrogens is 336 g/mol. The van der Waals surface area contributed by atoms with E-state index in [9.17, 15) is 9.59 Å². The summed E-state index contributed by atoms with van der Waals surface area (Å²) in [4.78, 5) is 26.2. The Morgan fingerprint density at radius 3 is 2.81 bits per heavy atom. The zero-order chi connectivity index (χ0) is 18.8. The Bertz CT molecular complexity index is 703. The lowest BCUT2D eigenvalue weighted by Crippen LogP contribution is -2.41. The first-order valence-electron chi connectivity index (χ1n) is 8.49. The van der Waals surface area contributed by atoms with E-state index in [1.165, 1.54) is 17.2 Å². The number of anilines is 2. The number of carbonyl (C=O) groups excluding carboxylic acids is 2. The van der Waals surface area contributed by atoms with Crippen LogP contribution in [0.5, 0.6) is 0 Å². The van der Waals surface area contributed by atoms with E-state index >= 15 is 0 Å². The van der Waals surface area contributed by atoms with Crippen LogP contribution in [0.3, 0.4) is 0 Å². The second-order valence-corrected chi connectivity index (χ2v) is 5.70. The number of nitrogens with one attached hydrogen (secondary N) is 2. The van der Waals surface area contributed by atoms with E-state index in [4.69, 9.17) is 4.74 Å². The maximum atomic E-state index is 12.6. The lowest BCUT2D eigenvalue weighted by molar-refractivity contribution is -0.116. The lowest BCUT2D eigenvalue weighted by atomic mass is 10.2. The molecule has 2 rings (SSSR count). The van der Waals surface area contributed by atoms with Gasteiger partial charge in [-0.25, -0.2) is 4.79 Å². The van der Waals surface area contributed by atoms with Crippen molar-refractivity contribution in [1.29, 1.82) is 0 Å². The number of ether oxygens (including phenoxy) is 1. The molecule has 8 heteroatoms. The van der Waals surface area contributed by atoms with Crippen molar-refractivity contribution in [3.63, 3.8) is 0 Å². The summed E-state index contributed by atoms with van der Waals surface area (Å²) in [6, 6.07) is 8.67. The van der Waals surface area contributed by atoms with Crippen LogP contribution in [0, 0.1) is 6.92 Å². The second-order valence-electron chi connectivity index (χ2n) is 5.70. The SMILES string of the molecule is CCOCCCN(CC(=O)Nc1ccon1)C(=O)Nc1cccc(C)c1. The zero-order valence-electron chi connectivity index (χ0n) is 15.0. The number of carbonyl (C=O) groups is 2. The fourth-order valence-electron chi connectivity index (χ4n) is 2.31. The molecule has 0 bridgehead atoms. The number of rotatable bonds is 9. The minimum atomic E-state index is -0.352. The first-order chi connectivity index (χ1) is 12.6. The molecule has 2 N–H and O–H groups in total. The molecule has 0 aliphatic carbocycles. The molecule has 26 heavy (non-hydrogen) atoms. The van der Waals surface area contributed by atoms with E-state index in [0.29, 0.717) is 37.7 Å². The number of aryl methyl sites for hydroxylation is 1. The Hall–Kier alpha value is -2.87. The largest absolute Gasteiger partial charge is 0.382 e. The van der Waals surface area contributed by atoms with Gasteiger partial charge in [-0.3, -0.25) is 4.79 Å². The van der Waals surface area contributed by atoms with Gasteiger partial charge in [0.2, 0.25) is 5.91 Å². The van der Waals surface area contributed by atoms with Crippen molar-refractivity contribution in [2.45, 2.75) is 20.3 Å². The molecule has 0 saturated heterocycles. The van der Waals surface area contributed by atoms with Crippen molar-refractivity contribution >= 4 is 23.4 Å². The Morgan fingerprint density at radius 2 is 2.12 bits per heavy atom. The zero-order valence-corrected chi connectivity index (χ0v) is 15.0. The number of hydrogen-bond donors (Lipinski definition) is 2. The maximum Gasteiger partial charge on any atom is 0.322 e. The van der Waals surface area contributed by atoms with Gasteiger partial charge in [-0.15, -0.1) is 0 Å². The van der Waals surface area contributed by atoms with Gasteiger partial charge >= 0.3 is 6.03 Å². The number of aromatic nitrogens is 1. The standard InChI is InChI=1S/C18H24N4O4/c1-3-25-10-5-9-22(13-17(23)20-16-8-11-26-21-16)18(24)19-15-7-4-6-14(2)12-15/h4,6-8,11-12H,3,5,9-10,13H2,1-2H3,(H,19,24)(H,20,21,23). The summed E-state index contributed by atoms with van der Waals surface area (Å²) in [5, 5.41) is 9.03. The van der Waals surface area contributed by atoms with Crippen molar-refractivity contribution < 1.29 is 18.8 Å². The molecule has 3 amide bonds. The highest BCUT2D eigenvalue weighted by molar-refractivity contribution is 5.96. The first-order valence-corrected chi connectivity index (χ1v) is 8.49. The minimum Gasteiger partial charge on any atom is -0.382 e. The van der Waals surface area contributed by atoms with Gasteiger partial charge in [0.25, 0.3) is 0 Å². The molecule has 2 aromatic rings. The van der Waals surface area contributed by atoms with Crippen LogP contribution >= 0.6 is 0 Å². The van der Waals surface area contributed by atoms with Crippen molar-refractivity contribution in [2.24, 2.45) is 0 Å². The summed E-state index contributed by atoms with van der Waals surface area (Å²) >= 11 is 0. The van der Waals surface area contributed by atoms with Crippen molar-refractivity contribution in [1.82, 2.24) is 10.1 Å². The quantitative estimate of drug-likeness (QED) is 0.670. The molecule has 8 nitrogen and oxygen atoms in total. The third kappa shape index (κ3) is 6.56. The van der Waals surface area contributed by atoms with E-state index in [1.807, 2.05) is 32.0 Å². The molecule has 0 radical (unpaired) electrons. The molecule has 1 aromatic carbocycles. The number of amides is 3. The van der Waals surface area contributed by atoms with Gasteiger partial charge in [0, 0.05) is 31.5 Å². The van der Waals surface area contributed by atoms with Crippen LogP contribution in [-0.4, -0.2) is 48.3 Å². The molecule has 0 saturated carbocycles. The summed E-state index contributed by atoms with van der Waals surface area (Å²) in [5.41, 5.74) is 1.72. The van der Waals surface area contributed by atoms with Crippen LogP contribution in [0.4, 0.5) is 16.3 Å². The summed E-state index contributed by atoms with van der Waals surface area (Å²) < 4.78 is 9.98. The number of hydrogen-bond acceptors (Lipinski definition) is 5. The van der Waals surface area contributed by atoms with Gasteiger partial charge in [-0.05, 0) is 38.0 Å². The van der Waals surface area contributed by atoms with Crippen molar-refractivity contribution in [3.8, 4) is 0 Å². The third-order valence-corrected chi connectivity index (χ3v) is 3.52. The van der Waals surface area contributed by atoms with E-state index in [2.05, 4.69) is 20.3 Å². The molecule has 0 unspecified atom stereocenters. The molecule has 0 aliphatic heterocycles. The Labute approximate surface area is 152 Å². The second kappa shape index (κ2) is 10.2. The number of nitrogens with zero attached hydrogens (tertiary/aromatic N) is 2. The normalized spacial score (nSPS) is 10.4. The van der Waals surface area contributed by atoms with E-state index < -0.39 is 0 Å². The Morgan fingerprint density at radius 1 is 1.27 bits per heavy atom. The van der Waals surface area contributed by atoms with Gasteiger partial charge in [0.15, 0.2) is 5.82 Å². The van der Waals surface area contributed by atoms with Crippen molar-refractivity contribution in [2.75, 3.05) is 36.9 Å². The predicted molar refractivity (Wildman–Crippen MR) is 98.0 cm³/mol. The highest BCUT2D eigenvalue weighted by Crippen LogP contribution is 2.11. The number of urea groups is 1. The van der Waals surface area contributed by atoms with Gasteiger partial charge < -0.3 is 24.8 Å². The van der Waals surface area contributed by atoms with Crippen LogP contribution in [-0.2, 0) is 9.53 Å². The van der Waals surface area contributed by atoms with E-state index in [-0.39, 0.29) is 18.5 Å². The average Bonchev–Trinajstić information content (AvgIpc) is 3.10. The molecule has 1 heterocycles. The molecule has 0 aliphatic rings. The topological polar surface area (TPSA) is 96.7 Å². The summed E-state index contributed by atoms with van der Waals surface area (Å²) in [5.74, 6) is -0.0435. The predicted octanol–water partition coefficient (Wildman–Crippen LogP) is 2.88. The fraction of sp³-hybridized carbons (Fsp3) is 0.389. The van der Waals surface area contributed by atoms with E-state index in [0.717, 1.165) is 5.56 Å². The molecular formula is C18H24N4O4. The fourth-order valence-corrected chi connectivity index (χ4v) is 2.31. The minimum absolute atomic E-state index is 0.101. The Balaban J connectivity index is 1.96. The van der Waals surface area contributed by atoms with Crippen LogP contribution in [0.2, 0.25) is 0 Å². The molecule has 1 aromatic heterocycles. The smallest absolute Gasteiger partial charge is 0.322 e. The number of benzene rings is 1. The van der Waals surface area contributed by atoms with Crippen LogP contribution in [0.25, 0.3) is 0 Å². The third-order valence-electron chi connectivity index (χ3n) is 3.52. The average molecular weight is 360 g/mol. The maximum absolute atomic E-state index is 12.6. The van der Waals surface area contributed by atoms with Crippen LogP contribution < -0.4 is 10.6 Å². The van der Waals surface area contributed by atoms with Crippen molar-refractivity contribution in [3.05, 3.63) is 42.2 Å². The summed E-state index contributed by atoms with van der Waals surface area (Å²) in [6.45, 7) is 5.28. The van der Waals surface area contributed by atoms with Gasteiger partial charge in [0.1, 0.15) is 12.8 Å². The van der Waals surface area contributed by atoms with Gasteiger partial charge in [0.05, 0.1) is 0 Å². The van der Waals surface area contributed by atoms with E-state index in [1.54, 1.807) is 6.07 Å². The monoisotopic (exact) mass is 360 g/mol. The molecule has 140 valence electrons. The first kappa shape index (κ1) is 19.5.